The maximum absolute atomic E-state index is 12.2. The van der Waals surface area contributed by atoms with Crippen molar-refractivity contribution < 1.29 is 9.53 Å². The van der Waals surface area contributed by atoms with E-state index < -0.39 is 0 Å². The predicted molar refractivity (Wildman–Crippen MR) is 90.2 cm³/mol. The van der Waals surface area contributed by atoms with Gasteiger partial charge in [0.1, 0.15) is 0 Å². The number of hydrogen-bond donors (Lipinski definition) is 1. The van der Waals surface area contributed by atoms with E-state index in [1.807, 2.05) is 26.0 Å². The van der Waals surface area contributed by atoms with E-state index in [9.17, 15) is 4.79 Å². The molecule has 1 N–H and O–H groups in total. The van der Waals surface area contributed by atoms with E-state index >= 15 is 0 Å². The van der Waals surface area contributed by atoms with Crippen LogP contribution >= 0.6 is 0 Å². The van der Waals surface area contributed by atoms with Crippen LogP contribution in [0.3, 0.4) is 0 Å². The zero-order valence-electron chi connectivity index (χ0n) is 14.3. The van der Waals surface area contributed by atoms with Crippen LogP contribution in [-0.2, 0) is 14.9 Å². The molecule has 0 radical (unpaired) electrons. The molecule has 1 heterocycles. The van der Waals surface area contributed by atoms with E-state index in [0.29, 0.717) is 6.54 Å². The lowest BCUT2D eigenvalue weighted by atomic mass is 9.87. The van der Waals surface area contributed by atoms with Crippen LogP contribution in [0.15, 0.2) is 24.3 Å². The summed E-state index contributed by atoms with van der Waals surface area (Å²) in [4.78, 5) is 14.3. The van der Waals surface area contributed by atoms with Crippen LogP contribution in [0.5, 0.6) is 0 Å². The summed E-state index contributed by atoms with van der Waals surface area (Å²) in [7, 11) is 0. The number of hydrogen-bond acceptors (Lipinski definition) is 3. The van der Waals surface area contributed by atoms with Gasteiger partial charge in [-0.2, -0.15) is 0 Å². The second-order valence-electron chi connectivity index (χ2n) is 7.33. The lowest BCUT2D eigenvalue weighted by molar-refractivity contribution is -0.121. The van der Waals surface area contributed by atoms with Crippen molar-refractivity contribution in [3.8, 4) is 0 Å². The van der Waals surface area contributed by atoms with Gasteiger partial charge in [0.05, 0.1) is 18.8 Å². The Labute approximate surface area is 133 Å². The Balaban J connectivity index is 1.89. The highest BCUT2D eigenvalue weighted by atomic mass is 16.5. The normalized spacial score (nSPS) is 23.3. The van der Waals surface area contributed by atoms with E-state index in [1.165, 1.54) is 5.56 Å². The molecule has 0 spiro atoms. The number of nitrogens with one attached hydrogen (secondary N) is 1. The highest BCUT2D eigenvalue weighted by Crippen LogP contribution is 2.23. The summed E-state index contributed by atoms with van der Waals surface area (Å²) >= 11 is 0. The number of rotatable bonds is 3. The van der Waals surface area contributed by atoms with Gasteiger partial charge in [0.15, 0.2) is 0 Å². The zero-order valence-corrected chi connectivity index (χ0v) is 14.3. The predicted octanol–water partition coefficient (Wildman–Crippen LogP) is 3.03. The lowest BCUT2D eigenvalue weighted by Crippen LogP contribution is -2.48. The minimum Gasteiger partial charge on any atom is -0.373 e. The van der Waals surface area contributed by atoms with Crippen LogP contribution in [-0.4, -0.2) is 42.6 Å². The second-order valence-corrected chi connectivity index (χ2v) is 7.33. The van der Waals surface area contributed by atoms with E-state index in [-0.39, 0.29) is 23.5 Å². The quantitative estimate of drug-likeness (QED) is 0.933. The molecule has 4 heteroatoms. The summed E-state index contributed by atoms with van der Waals surface area (Å²) in [6, 6.07) is 8.11. The molecule has 1 fully saturated rings. The standard InChI is InChI=1S/C18H28N2O2/c1-13-10-20(11-14(2)22-13)12-17(21)19-16-8-6-15(7-9-16)18(3,4)5/h6-9,13-14H,10-12H2,1-5H3,(H,19,21)/t13-,14+. The Kier molecular flexibility index (Phi) is 5.24. The molecular weight excluding hydrogens is 276 g/mol. The van der Waals surface area contributed by atoms with Crippen molar-refractivity contribution in [2.45, 2.75) is 52.2 Å². The van der Waals surface area contributed by atoms with Crippen LogP contribution in [0.2, 0.25) is 0 Å². The number of carbonyl (C=O) groups is 1. The molecule has 1 aliphatic rings. The first-order valence-corrected chi connectivity index (χ1v) is 8.02. The Bertz CT molecular complexity index is 495. The average Bonchev–Trinajstić information content (AvgIpc) is 2.36. The number of ether oxygens (including phenoxy) is 1. The molecule has 2 rings (SSSR count). The third kappa shape index (κ3) is 4.82. The molecule has 0 saturated carbocycles. The Morgan fingerprint density at radius 3 is 2.23 bits per heavy atom. The van der Waals surface area contributed by atoms with Crippen LogP contribution in [0.4, 0.5) is 5.69 Å². The maximum atomic E-state index is 12.2. The fraction of sp³-hybridized carbons (Fsp3) is 0.611. The highest BCUT2D eigenvalue weighted by Gasteiger charge is 2.23. The van der Waals surface area contributed by atoms with Crippen LogP contribution < -0.4 is 5.32 Å². The van der Waals surface area contributed by atoms with Crippen LogP contribution in [0.1, 0.15) is 40.2 Å². The third-order valence-electron chi connectivity index (χ3n) is 3.90. The Hall–Kier alpha value is -1.39. The zero-order chi connectivity index (χ0) is 16.3. The van der Waals surface area contributed by atoms with Crippen molar-refractivity contribution >= 4 is 11.6 Å². The molecule has 22 heavy (non-hydrogen) atoms. The van der Waals surface area contributed by atoms with Gasteiger partial charge < -0.3 is 10.1 Å². The van der Waals surface area contributed by atoms with Gasteiger partial charge in [0.25, 0.3) is 0 Å². The van der Waals surface area contributed by atoms with E-state index in [4.69, 9.17) is 4.74 Å². The first kappa shape index (κ1) is 17.0. The fourth-order valence-electron chi connectivity index (χ4n) is 2.87. The number of amides is 1. The molecule has 0 bridgehead atoms. The molecule has 0 unspecified atom stereocenters. The number of nitrogens with zero attached hydrogens (tertiary/aromatic N) is 1. The highest BCUT2D eigenvalue weighted by molar-refractivity contribution is 5.92. The molecule has 0 aromatic heterocycles. The molecule has 1 aromatic rings. The molecule has 1 aromatic carbocycles. The first-order chi connectivity index (χ1) is 10.2. The average molecular weight is 304 g/mol. The van der Waals surface area contributed by atoms with E-state index in [1.54, 1.807) is 0 Å². The lowest BCUT2D eigenvalue weighted by Gasteiger charge is -2.34. The first-order valence-electron chi connectivity index (χ1n) is 8.02. The molecular formula is C18H28N2O2. The second kappa shape index (κ2) is 6.80. The number of anilines is 1. The van der Waals surface area contributed by atoms with Crippen molar-refractivity contribution in [3.05, 3.63) is 29.8 Å². The van der Waals surface area contributed by atoms with Gasteiger partial charge in [0.2, 0.25) is 5.91 Å². The molecule has 0 aliphatic carbocycles. The maximum Gasteiger partial charge on any atom is 0.238 e. The van der Waals surface area contributed by atoms with E-state index in [2.05, 4.69) is 43.1 Å². The molecule has 2 atom stereocenters. The Morgan fingerprint density at radius 1 is 1.18 bits per heavy atom. The molecule has 1 saturated heterocycles. The van der Waals surface area contributed by atoms with E-state index in [0.717, 1.165) is 18.8 Å². The van der Waals surface area contributed by atoms with Gasteiger partial charge in [-0.25, -0.2) is 0 Å². The summed E-state index contributed by atoms with van der Waals surface area (Å²) < 4.78 is 5.69. The van der Waals surface area contributed by atoms with Crippen molar-refractivity contribution in [2.75, 3.05) is 25.0 Å². The number of benzene rings is 1. The number of morpholine rings is 1. The summed E-state index contributed by atoms with van der Waals surface area (Å²) in [5, 5.41) is 2.98. The molecule has 1 amide bonds. The summed E-state index contributed by atoms with van der Waals surface area (Å²) in [5.74, 6) is 0.0322. The van der Waals surface area contributed by atoms with Crippen molar-refractivity contribution in [3.63, 3.8) is 0 Å². The van der Waals surface area contributed by atoms with Crippen molar-refractivity contribution in [2.24, 2.45) is 0 Å². The van der Waals surface area contributed by atoms with Crippen LogP contribution in [0, 0.1) is 0 Å². The minimum absolute atomic E-state index is 0.0322. The van der Waals surface area contributed by atoms with Crippen molar-refractivity contribution in [1.82, 2.24) is 4.90 Å². The fourth-order valence-corrected chi connectivity index (χ4v) is 2.87. The summed E-state index contributed by atoms with van der Waals surface area (Å²) in [5.41, 5.74) is 2.25. The third-order valence-corrected chi connectivity index (χ3v) is 3.90. The summed E-state index contributed by atoms with van der Waals surface area (Å²) in [6.45, 7) is 12.7. The molecule has 4 nitrogen and oxygen atoms in total. The molecule has 122 valence electrons. The van der Waals surface area contributed by atoms with Gasteiger partial charge in [-0.1, -0.05) is 32.9 Å². The smallest absolute Gasteiger partial charge is 0.238 e. The topological polar surface area (TPSA) is 41.6 Å². The SMILES string of the molecule is C[C@@H]1CN(CC(=O)Nc2ccc(C(C)(C)C)cc2)C[C@H](C)O1. The largest absolute Gasteiger partial charge is 0.373 e. The van der Waals surface area contributed by atoms with Crippen LogP contribution in [0.25, 0.3) is 0 Å². The van der Waals surface area contributed by atoms with Gasteiger partial charge in [0, 0.05) is 18.8 Å². The van der Waals surface area contributed by atoms with Gasteiger partial charge in [-0.15, -0.1) is 0 Å². The van der Waals surface area contributed by atoms with Gasteiger partial charge in [-0.3, -0.25) is 9.69 Å². The van der Waals surface area contributed by atoms with Crippen molar-refractivity contribution in [1.29, 1.82) is 0 Å². The minimum atomic E-state index is 0.0322. The monoisotopic (exact) mass is 304 g/mol. The Morgan fingerprint density at radius 2 is 1.73 bits per heavy atom. The summed E-state index contributed by atoms with van der Waals surface area (Å²) in [6.07, 6.45) is 0.366. The van der Waals surface area contributed by atoms with Gasteiger partial charge >= 0.3 is 0 Å². The van der Waals surface area contributed by atoms with Gasteiger partial charge in [-0.05, 0) is 37.0 Å². The molecule has 1 aliphatic heterocycles. The number of carbonyl (C=O) groups excluding carboxylic acids is 1.